The topological polar surface area (TPSA) is 163 Å². The molecule has 4 N–H and O–H groups in total. The van der Waals surface area contributed by atoms with Gasteiger partial charge < -0.3 is 21.1 Å². The van der Waals surface area contributed by atoms with E-state index >= 15 is 4.39 Å². The molecule has 5 rings (SSSR count). The number of pyridine rings is 1. The Morgan fingerprint density at radius 2 is 1.92 bits per heavy atom. The van der Waals surface area contributed by atoms with E-state index in [0.29, 0.717) is 5.57 Å². The Labute approximate surface area is 211 Å². The minimum Gasteiger partial charge on any atom is -0.504 e. The van der Waals surface area contributed by atoms with E-state index in [1.165, 1.54) is 0 Å². The summed E-state index contributed by atoms with van der Waals surface area (Å²) in [6.45, 7) is -0.0674. The average molecular weight is 514 g/mol. The van der Waals surface area contributed by atoms with Crippen LogP contribution in [0, 0.1) is 35.0 Å². The number of nitrogens with one attached hydrogen (secondary N) is 1. The molecule has 6 unspecified atom stereocenters. The molecule has 0 bridgehead atoms. The molecule has 0 aromatic carbocycles. The Bertz CT molecular complexity index is 1320. The number of halogens is 1. The molecule has 2 amide bonds. The summed E-state index contributed by atoms with van der Waals surface area (Å²) in [5, 5.41) is 13.2. The van der Waals surface area contributed by atoms with Gasteiger partial charge in [-0.1, -0.05) is 6.08 Å². The highest BCUT2D eigenvalue weighted by Crippen LogP contribution is 2.66. The molecule has 12 heteroatoms. The minimum atomic E-state index is -1.25. The number of aromatic nitrogens is 1. The number of primary amides is 1. The Morgan fingerprint density at radius 3 is 2.51 bits per heavy atom. The molecule has 1 heterocycles. The Balaban J connectivity index is 1.55. The number of anilines is 1. The quantitative estimate of drug-likeness (QED) is 0.268. The fourth-order valence-corrected chi connectivity index (χ4v) is 6.71. The lowest BCUT2D eigenvalue weighted by atomic mass is 9.53. The van der Waals surface area contributed by atoms with Gasteiger partial charge in [-0.05, 0) is 52.5 Å². The van der Waals surface area contributed by atoms with Crippen molar-refractivity contribution in [3.8, 4) is 5.75 Å². The molecule has 0 saturated heterocycles. The highest BCUT2D eigenvalue weighted by molar-refractivity contribution is 6.21. The molecule has 4 aliphatic carbocycles. The van der Waals surface area contributed by atoms with Gasteiger partial charge in [0.2, 0.25) is 17.8 Å². The van der Waals surface area contributed by atoms with Gasteiger partial charge in [-0.3, -0.25) is 28.9 Å². The van der Waals surface area contributed by atoms with Crippen molar-refractivity contribution in [3.05, 3.63) is 28.7 Å². The van der Waals surface area contributed by atoms with Crippen LogP contribution in [0.1, 0.15) is 22.3 Å². The van der Waals surface area contributed by atoms with Gasteiger partial charge in [0.25, 0.3) is 0 Å². The van der Waals surface area contributed by atoms with Crippen molar-refractivity contribution >= 4 is 35.0 Å². The number of amides is 2. The first-order valence-electron chi connectivity index (χ1n) is 12.0. The van der Waals surface area contributed by atoms with Crippen LogP contribution in [0.5, 0.6) is 5.75 Å². The highest BCUT2D eigenvalue weighted by atomic mass is 19.1. The molecular weight excluding hydrogens is 485 g/mol. The number of fused-ring (bicyclic) bond motifs is 2. The van der Waals surface area contributed by atoms with E-state index in [4.69, 9.17) is 5.73 Å². The zero-order valence-corrected chi connectivity index (χ0v) is 20.9. The van der Waals surface area contributed by atoms with Gasteiger partial charge in [-0.25, -0.2) is 0 Å². The molecular formula is C25H28FN5O6. The molecule has 6 atom stereocenters. The zero-order valence-electron chi connectivity index (χ0n) is 20.9. The fraction of sp³-hybridized carbons (Fsp3) is 0.520. The van der Waals surface area contributed by atoms with Gasteiger partial charge in [0, 0.05) is 11.5 Å². The number of allylic oxidation sites excluding steroid dienone is 1. The van der Waals surface area contributed by atoms with Crippen LogP contribution in [0.3, 0.4) is 0 Å². The van der Waals surface area contributed by atoms with Crippen LogP contribution in [0.15, 0.2) is 11.6 Å². The summed E-state index contributed by atoms with van der Waals surface area (Å²) < 4.78 is 15.1. The van der Waals surface area contributed by atoms with Crippen molar-refractivity contribution < 1.29 is 33.5 Å². The predicted molar refractivity (Wildman–Crippen MR) is 127 cm³/mol. The van der Waals surface area contributed by atoms with Crippen LogP contribution in [0.4, 0.5) is 10.2 Å². The van der Waals surface area contributed by atoms with E-state index in [-0.39, 0.29) is 36.3 Å². The molecule has 0 aliphatic heterocycles. The number of likely N-dealkylation sites (N-methyl/N-ethyl adjacent to an activating group) is 2. The normalized spacial score (nSPS) is 31.8. The Kier molecular flexibility index (Phi) is 5.61. The number of nitrogens with zero attached hydrogens (tertiary/aromatic N) is 3. The first-order chi connectivity index (χ1) is 17.3. The maximum absolute atomic E-state index is 15.1. The number of hydrogen-bond acceptors (Lipinski definition) is 9. The number of carbonyl (C=O) groups is 5. The second kappa shape index (κ2) is 8.25. The third-order valence-electron chi connectivity index (χ3n) is 8.12. The van der Waals surface area contributed by atoms with Crippen molar-refractivity contribution in [2.75, 3.05) is 40.1 Å². The van der Waals surface area contributed by atoms with E-state index in [0.717, 1.165) is 0 Å². The number of hydrogen-bond donors (Lipinski definition) is 3. The third kappa shape index (κ3) is 3.46. The summed E-state index contributed by atoms with van der Waals surface area (Å²) in [6, 6.07) is -0.785. The number of nitrogens with two attached hydrogens (primary N) is 1. The van der Waals surface area contributed by atoms with Crippen LogP contribution in [-0.2, 0) is 25.6 Å². The molecule has 37 heavy (non-hydrogen) atoms. The summed E-state index contributed by atoms with van der Waals surface area (Å²) in [6.07, 6.45) is 1.78. The molecule has 196 valence electrons. The average Bonchev–Trinajstić information content (AvgIpc) is 3.51. The van der Waals surface area contributed by atoms with E-state index in [9.17, 15) is 29.1 Å². The monoisotopic (exact) mass is 513 g/mol. The zero-order chi connectivity index (χ0) is 27.1. The summed E-state index contributed by atoms with van der Waals surface area (Å²) in [5.41, 5.74) is 4.11. The van der Waals surface area contributed by atoms with E-state index in [1.54, 1.807) is 44.1 Å². The van der Waals surface area contributed by atoms with E-state index in [2.05, 4.69) is 10.3 Å². The van der Waals surface area contributed by atoms with Crippen molar-refractivity contribution in [3.63, 3.8) is 0 Å². The molecule has 2 fully saturated rings. The largest absolute Gasteiger partial charge is 0.504 e. The molecule has 2 saturated carbocycles. The van der Waals surface area contributed by atoms with Crippen LogP contribution in [0.2, 0.25) is 0 Å². The first kappa shape index (κ1) is 25.2. The number of aromatic hydroxyl groups is 1. The van der Waals surface area contributed by atoms with Crippen molar-refractivity contribution in [1.82, 2.24) is 14.8 Å². The van der Waals surface area contributed by atoms with Gasteiger partial charge >= 0.3 is 0 Å². The number of ketones is 3. The Morgan fingerprint density at radius 1 is 1.24 bits per heavy atom. The van der Waals surface area contributed by atoms with Crippen LogP contribution < -0.4 is 11.1 Å². The van der Waals surface area contributed by atoms with Crippen molar-refractivity contribution in [2.24, 2.45) is 34.8 Å². The van der Waals surface area contributed by atoms with Gasteiger partial charge in [0.1, 0.15) is 5.92 Å². The molecule has 1 aromatic heterocycles. The van der Waals surface area contributed by atoms with Crippen LogP contribution in [0.25, 0.3) is 0 Å². The Hall–Kier alpha value is -3.51. The molecule has 4 aliphatic rings. The van der Waals surface area contributed by atoms with Gasteiger partial charge in [0.05, 0.1) is 29.5 Å². The number of rotatable bonds is 5. The SMILES string of the molecule is CN(C)CC(=O)Nc1nc(F)c2c(c1O)C(=O)C1C(=O)C34C=C3C(C(N)=O)C(=O)C(N(C)C)C4CC1C2. The molecule has 11 nitrogen and oxygen atoms in total. The van der Waals surface area contributed by atoms with Crippen molar-refractivity contribution in [1.29, 1.82) is 0 Å². The standard InChI is InChI=1S/C25H28FN5O6/c1-30(2)8-13(32)28-24-20(35)15-10(22(26)29-24)5-9-6-11-17(31(3)4)19(34)16(23(27)37)12-7-25(11,12)21(36)14(9)18(15)33/h7,9,11,14,16-17,35H,5-6,8H2,1-4H3,(H2,27,37)(H,28,29,32). The molecule has 1 spiro atoms. The summed E-state index contributed by atoms with van der Waals surface area (Å²) in [7, 11) is 6.64. The maximum atomic E-state index is 15.1. The fourth-order valence-electron chi connectivity index (χ4n) is 6.71. The van der Waals surface area contributed by atoms with Gasteiger partial charge in [0.15, 0.2) is 28.9 Å². The van der Waals surface area contributed by atoms with Crippen molar-refractivity contribution in [2.45, 2.75) is 18.9 Å². The smallest absolute Gasteiger partial charge is 0.239 e. The first-order valence-corrected chi connectivity index (χ1v) is 12.0. The lowest BCUT2D eigenvalue weighted by Gasteiger charge is -2.50. The van der Waals surface area contributed by atoms with Gasteiger partial charge in [-0.15, -0.1) is 0 Å². The third-order valence-corrected chi connectivity index (χ3v) is 8.12. The number of Topliss-reactive ketones (excluding diaryl/α,β-unsaturated/α-hetero) is 3. The van der Waals surface area contributed by atoms with Crippen LogP contribution >= 0.6 is 0 Å². The lowest BCUT2D eigenvalue weighted by Crippen LogP contribution is -2.62. The van der Waals surface area contributed by atoms with E-state index < -0.39 is 76.0 Å². The van der Waals surface area contributed by atoms with Crippen LogP contribution in [-0.4, -0.2) is 89.8 Å². The molecule has 0 radical (unpaired) electrons. The maximum Gasteiger partial charge on any atom is 0.239 e. The predicted octanol–water partition coefficient (Wildman–Crippen LogP) is -0.473. The lowest BCUT2D eigenvalue weighted by molar-refractivity contribution is -0.145. The van der Waals surface area contributed by atoms with E-state index in [1.807, 2.05) is 0 Å². The summed E-state index contributed by atoms with van der Waals surface area (Å²) >= 11 is 0. The summed E-state index contributed by atoms with van der Waals surface area (Å²) in [4.78, 5) is 72.1. The second-order valence-electron chi connectivity index (χ2n) is 10.9. The minimum absolute atomic E-state index is 0.0503. The molecule has 1 aromatic rings. The summed E-state index contributed by atoms with van der Waals surface area (Å²) in [5.74, 6) is -8.86. The second-order valence-corrected chi connectivity index (χ2v) is 10.9. The highest BCUT2D eigenvalue weighted by Gasteiger charge is 2.72. The van der Waals surface area contributed by atoms with Gasteiger partial charge in [-0.2, -0.15) is 9.37 Å². The number of carbonyl (C=O) groups excluding carboxylic acids is 5.